The van der Waals surface area contributed by atoms with Crippen LogP contribution < -0.4 is 11.5 Å². The minimum atomic E-state index is -0.550. The maximum Gasteiger partial charge on any atom is 0.130 e. The molecule has 0 atom stereocenters. The van der Waals surface area contributed by atoms with Crippen LogP contribution in [0.5, 0.6) is 0 Å². The normalized spacial score (nSPS) is 27.0. The first-order valence-electron chi connectivity index (χ1n) is 2.81. The van der Waals surface area contributed by atoms with E-state index in [2.05, 4.69) is 21.2 Å². The lowest BCUT2D eigenvalue weighted by Crippen LogP contribution is -2.56. The van der Waals surface area contributed by atoms with Crippen LogP contribution in [-0.4, -0.2) is 16.6 Å². The molecule has 0 radical (unpaired) electrons. The van der Waals surface area contributed by atoms with E-state index >= 15 is 0 Å². The first-order valence-corrected chi connectivity index (χ1v) is 6.12. The lowest BCUT2D eigenvalue weighted by atomic mass is 10.3. The lowest BCUT2D eigenvalue weighted by Gasteiger charge is -2.26. The van der Waals surface area contributed by atoms with Crippen molar-refractivity contribution in [2.24, 2.45) is 11.5 Å². The smallest absolute Gasteiger partial charge is 0.130 e. The lowest BCUT2D eigenvalue weighted by molar-refractivity contribution is 0.284. The fraction of sp³-hybridized carbons (Fsp3) is 1.00. The van der Waals surface area contributed by atoms with Crippen molar-refractivity contribution >= 4 is 30.3 Å². The van der Waals surface area contributed by atoms with Crippen LogP contribution in [0.4, 0.5) is 0 Å². The second-order valence-electron chi connectivity index (χ2n) is 2.27. The van der Waals surface area contributed by atoms with Crippen molar-refractivity contribution in [2.75, 3.05) is 6.54 Å². The fourth-order valence-corrected chi connectivity index (χ4v) is 3.05. The first kappa shape index (κ1) is 8.06. The van der Waals surface area contributed by atoms with Crippen molar-refractivity contribution in [3.63, 3.8) is 0 Å². The maximum atomic E-state index is 5.71. The Morgan fingerprint density at radius 1 is 1.56 bits per heavy atom. The van der Waals surface area contributed by atoms with Gasteiger partial charge < -0.3 is 11.5 Å². The van der Waals surface area contributed by atoms with Gasteiger partial charge in [-0.05, 0) is 22.0 Å². The molecule has 0 amide bonds. The molecule has 0 aliphatic carbocycles. The van der Waals surface area contributed by atoms with Gasteiger partial charge in [0, 0.05) is 27.8 Å². The highest BCUT2D eigenvalue weighted by Gasteiger charge is 2.33. The van der Waals surface area contributed by atoms with Crippen LogP contribution in [0.25, 0.3) is 0 Å². The predicted octanol–water partition coefficient (Wildman–Crippen LogP) is 0.652. The summed E-state index contributed by atoms with van der Waals surface area (Å²) in [6, 6.07) is 0. The van der Waals surface area contributed by atoms with Gasteiger partial charge in [0.15, 0.2) is 0 Å². The highest BCUT2D eigenvalue weighted by molar-refractivity contribution is 14.2. The minimum Gasteiger partial charge on any atom is -0.300 e. The summed E-state index contributed by atoms with van der Waals surface area (Å²) in [6.07, 6.45) is 2.02. The summed E-state index contributed by atoms with van der Waals surface area (Å²) in [5.74, 6) is -0.550. The van der Waals surface area contributed by atoms with E-state index in [4.69, 9.17) is 11.5 Å². The number of hydrogen-bond acceptors (Lipinski definition) is 4. The molecule has 0 aromatic carbocycles. The van der Waals surface area contributed by atoms with Gasteiger partial charge >= 0.3 is 0 Å². The molecule has 1 saturated heterocycles. The minimum absolute atomic E-state index is 0.550. The van der Waals surface area contributed by atoms with Crippen LogP contribution in [0.2, 0.25) is 0 Å². The summed E-state index contributed by atoms with van der Waals surface area (Å²) in [5, 5.41) is 0. The zero-order chi connectivity index (χ0) is 6.91. The van der Waals surface area contributed by atoms with Crippen LogP contribution in [0.15, 0.2) is 0 Å². The van der Waals surface area contributed by atoms with Gasteiger partial charge in [-0.15, -0.1) is 0 Å². The summed E-state index contributed by atoms with van der Waals surface area (Å²) in [5.41, 5.74) is 11.4. The monoisotopic (exact) mass is 259 g/mol. The molecule has 1 heterocycles. The Morgan fingerprint density at radius 2 is 2.22 bits per heavy atom. The SMILES string of the molecule is NC1(N)CCCN1SI. The number of rotatable bonds is 1. The molecule has 0 unspecified atom stereocenters. The summed E-state index contributed by atoms with van der Waals surface area (Å²) < 4.78 is 2.01. The summed E-state index contributed by atoms with van der Waals surface area (Å²) in [7, 11) is 1.59. The highest BCUT2D eigenvalue weighted by atomic mass is 127. The third-order valence-electron chi connectivity index (χ3n) is 1.49. The van der Waals surface area contributed by atoms with Crippen molar-refractivity contribution < 1.29 is 0 Å². The molecule has 54 valence electrons. The quantitative estimate of drug-likeness (QED) is 0.412. The van der Waals surface area contributed by atoms with Crippen molar-refractivity contribution in [1.82, 2.24) is 4.31 Å². The molecule has 1 aliphatic heterocycles. The van der Waals surface area contributed by atoms with Gasteiger partial charge in [-0.2, -0.15) is 0 Å². The number of halogens is 1. The molecule has 0 aromatic rings. The van der Waals surface area contributed by atoms with Crippen LogP contribution in [0, 0.1) is 0 Å². The van der Waals surface area contributed by atoms with Gasteiger partial charge in [0.1, 0.15) is 5.79 Å². The number of nitrogens with two attached hydrogens (primary N) is 2. The largest absolute Gasteiger partial charge is 0.300 e. The Hall–Kier alpha value is 0.960. The Balaban J connectivity index is 2.52. The highest BCUT2D eigenvalue weighted by Crippen LogP contribution is 2.30. The Bertz CT molecular complexity index is 108. The fourth-order valence-electron chi connectivity index (χ4n) is 0.937. The Labute approximate surface area is 71.2 Å². The second kappa shape index (κ2) is 2.91. The molecular formula is C4H10IN3S. The van der Waals surface area contributed by atoms with Gasteiger partial charge in [0.2, 0.25) is 0 Å². The second-order valence-corrected chi connectivity index (χ2v) is 4.03. The summed E-state index contributed by atoms with van der Waals surface area (Å²) in [6.45, 7) is 1.01. The zero-order valence-corrected chi connectivity index (χ0v) is 7.98. The van der Waals surface area contributed by atoms with Crippen LogP contribution in [-0.2, 0) is 0 Å². The maximum absolute atomic E-state index is 5.71. The van der Waals surface area contributed by atoms with E-state index in [1.165, 1.54) is 0 Å². The van der Waals surface area contributed by atoms with Gasteiger partial charge in [0.05, 0.1) is 0 Å². The van der Waals surface area contributed by atoms with Crippen LogP contribution >= 0.6 is 30.3 Å². The van der Waals surface area contributed by atoms with Crippen molar-refractivity contribution in [1.29, 1.82) is 0 Å². The molecule has 9 heavy (non-hydrogen) atoms. The van der Waals surface area contributed by atoms with E-state index in [-0.39, 0.29) is 0 Å². The molecular weight excluding hydrogens is 249 g/mol. The van der Waals surface area contributed by atoms with Gasteiger partial charge in [0.25, 0.3) is 0 Å². The third-order valence-corrected chi connectivity index (χ3v) is 3.60. The molecule has 0 bridgehead atoms. The van der Waals surface area contributed by atoms with Crippen molar-refractivity contribution in [3.05, 3.63) is 0 Å². The average molecular weight is 259 g/mol. The van der Waals surface area contributed by atoms with E-state index in [0.717, 1.165) is 19.4 Å². The average Bonchev–Trinajstić information content (AvgIpc) is 2.08. The summed E-state index contributed by atoms with van der Waals surface area (Å²) >= 11 is 2.20. The van der Waals surface area contributed by atoms with Crippen molar-refractivity contribution in [3.8, 4) is 0 Å². The topological polar surface area (TPSA) is 55.3 Å². The molecule has 0 spiro atoms. The first-order chi connectivity index (χ1) is 4.17. The van der Waals surface area contributed by atoms with E-state index in [1.807, 2.05) is 4.31 Å². The van der Waals surface area contributed by atoms with E-state index < -0.39 is 5.79 Å². The van der Waals surface area contributed by atoms with E-state index in [0.29, 0.717) is 0 Å². The van der Waals surface area contributed by atoms with Gasteiger partial charge in [-0.3, -0.25) is 0 Å². The predicted molar refractivity (Wildman–Crippen MR) is 48.7 cm³/mol. The number of nitrogens with zero attached hydrogens (tertiary/aromatic N) is 1. The molecule has 3 nitrogen and oxygen atoms in total. The third kappa shape index (κ3) is 1.70. The molecule has 5 heteroatoms. The van der Waals surface area contributed by atoms with Gasteiger partial charge in [-0.25, -0.2) is 4.31 Å². The Kier molecular flexibility index (Phi) is 2.61. The standard InChI is InChI=1S/C4H10IN3S/c5-9-8-3-1-2-4(8,6)7/h1-3,6-7H2. The molecule has 1 fully saturated rings. The molecule has 1 aliphatic rings. The van der Waals surface area contributed by atoms with Crippen LogP contribution in [0.1, 0.15) is 12.8 Å². The Morgan fingerprint density at radius 3 is 2.44 bits per heavy atom. The van der Waals surface area contributed by atoms with Crippen LogP contribution in [0.3, 0.4) is 0 Å². The summed E-state index contributed by atoms with van der Waals surface area (Å²) in [4.78, 5) is 0. The van der Waals surface area contributed by atoms with E-state index in [9.17, 15) is 0 Å². The number of hydrogen-bond donors (Lipinski definition) is 2. The zero-order valence-electron chi connectivity index (χ0n) is 5.01. The van der Waals surface area contributed by atoms with E-state index in [1.54, 1.807) is 9.12 Å². The molecule has 4 N–H and O–H groups in total. The van der Waals surface area contributed by atoms with Crippen molar-refractivity contribution in [2.45, 2.75) is 18.6 Å². The molecule has 0 aromatic heterocycles. The van der Waals surface area contributed by atoms with Gasteiger partial charge in [-0.1, -0.05) is 0 Å². The molecule has 1 rings (SSSR count). The molecule has 0 saturated carbocycles.